The van der Waals surface area contributed by atoms with Crippen LogP contribution < -0.4 is 0 Å². The first kappa shape index (κ1) is 19.9. The molecule has 0 spiro atoms. The van der Waals surface area contributed by atoms with Gasteiger partial charge in [0, 0.05) is 32.6 Å². The van der Waals surface area contributed by atoms with E-state index in [9.17, 15) is 13.2 Å². The molecule has 0 N–H and O–H groups in total. The molecule has 1 saturated heterocycles. The summed E-state index contributed by atoms with van der Waals surface area (Å²) in [5.74, 6) is 0.472. The number of carbonyl (C=O) groups is 1. The van der Waals surface area contributed by atoms with Gasteiger partial charge >= 0.3 is 0 Å². The maximum Gasteiger partial charge on any atom is 0.243 e. The summed E-state index contributed by atoms with van der Waals surface area (Å²) >= 11 is 0. The Morgan fingerprint density at radius 1 is 1.04 bits per heavy atom. The van der Waals surface area contributed by atoms with Gasteiger partial charge in [0.05, 0.1) is 4.90 Å². The second-order valence-electron chi connectivity index (χ2n) is 8.25. The van der Waals surface area contributed by atoms with Gasteiger partial charge in [-0.2, -0.15) is 4.31 Å². The van der Waals surface area contributed by atoms with Crippen LogP contribution in [0.3, 0.4) is 0 Å². The minimum absolute atomic E-state index is 0.0571. The lowest BCUT2D eigenvalue weighted by atomic mass is 9.91. The fourth-order valence-corrected chi connectivity index (χ4v) is 4.34. The first-order chi connectivity index (χ1) is 11.5. The lowest BCUT2D eigenvalue weighted by Gasteiger charge is -2.35. The number of piperazine rings is 1. The molecule has 0 bridgehead atoms. The Morgan fingerprint density at radius 3 is 2.00 bits per heavy atom. The molecule has 1 heterocycles. The highest BCUT2D eigenvalue weighted by Gasteiger charge is 2.31. The lowest BCUT2D eigenvalue weighted by molar-refractivity contribution is -0.134. The Bertz CT molecular complexity index is 695. The molecule has 2 rings (SSSR count). The minimum atomic E-state index is -3.49. The molecule has 6 heteroatoms. The third kappa shape index (κ3) is 5.05. The number of hydrogen-bond acceptors (Lipinski definition) is 3. The molecule has 25 heavy (non-hydrogen) atoms. The Hall–Kier alpha value is -1.40. The third-order valence-corrected chi connectivity index (χ3v) is 6.37. The number of hydrogen-bond donors (Lipinski definition) is 0. The predicted octanol–water partition coefficient (Wildman–Crippen LogP) is 3.08. The largest absolute Gasteiger partial charge is 0.340 e. The van der Waals surface area contributed by atoms with Gasteiger partial charge in [-0.25, -0.2) is 8.42 Å². The van der Waals surface area contributed by atoms with E-state index in [1.165, 1.54) is 4.31 Å². The maximum atomic E-state index is 12.8. The Labute approximate surface area is 152 Å². The second kappa shape index (κ2) is 7.46. The third-order valence-electron chi connectivity index (χ3n) is 4.46. The minimum Gasteiger partial charge on any atom is -0.340 e. The number of amides is 1. The van der Waals surface area contributed by atoms with Crippen molar-refractivity contribution in [3.63, 3.8) is 0 Å². The molecule has 5 nitrogen and oxygen atoms in total. The van der Waals surface area contributed by atoms with Crippen molar-refractivity contribution in [3.8, 4) is 0 Å². The van der Waals surface area contributed by atoms with Gasteiger partial charge in [-0.3, -0.25) is 4.79 Å². The molecule has 1 aromatic carbocycles. The van der Waals surface area contributed by atoms with Gasteiger partial charge in [0.1, 0.15) is 0 Å². The van der Waals surface area contributed by atoms with Crippen LogP contribution in [0.1, 0.15) is 52.5 Å². The monoisotopic (exact) mass is 366 g/mol. The lowest BCUT2D eigenvalue weighted by Crippen LogP contribution is -2.50. The van der Waals surface area contributed by atoms with E-state index in [-0.39, 0.29) is 11.3 Å². The average Bonchev–Trinajstić information content (AvgIpc) is 2.53. The quantitative estimate of drug-likeness (QED) is 0.823. The summed E-state index contributed by atoms with van der Waals surface area (Å²) in [4.78, 5) is 14.4. The highest BCUT2D eigenvalue weighted by molar-refractivity contribution is 7.89. The highest BCUT2D eigenvalue weighted by Crippen LogP contribution is 2.23. The van der Waals surface area contributed by atoms with Crippen LogP contribution in [0.15, 0.2) is 29.2 Å². The molecule has 1 aliphatic heterocycles. The van der Waals surface area contributed by atoms with E-state index < -0.39 is 10.0 Å². The van der Waals surface area contributed by atoms with Crippen molar-refractivity contribution in [3.05, 3.63) is 29.8 Å². The zero-order chi connectivity index (χ0) is 18.8. The molecule has 0 radical (unpaired) electrons. The molecular weight excluding hydrogens is 336 g/mol. The fraction of sp³-hybridized carbons (Fsp3) is 0.632. The Balaban J connectivity index is 2.02. The molecule has 0 aliphatic carbocycles. The Morgan fingerprint density at radius 2 is 1.56 bits per heavy atom. The summed E-state index contributed by atoms with van der Waals surface area (Å²) in [5, 5.41) is 0. The van der Waals surface area contributed by atoms with Crippen LogP contribution in [0.4, 0.5) is 0 Å². The second-order valence-corrected chi connectivity index (χ2v) is 10.2. The summed E-state index contributed by atoms with van der Waals surface area (Å²) < 4.78 is 27.1. The molecule has 140 valence electrons. The summed E-state index contributed by atoms with van der Waals surface area (Å²) in [6.07, 6.45) is 0.483. The van der Waals surface area contributed by atoms with Crippen molar-refractivity contribution in [1.29, 1.82) is 0 Å². The van der Waals surface area contributed by atoms with Crippen LogP contribution in [0.25, 0.3) is 0 Å². The summed E-state index contributed by atoms with van der Waals surface area (Å²) in [7, 11) is -3.49. The van der Waals surface area contributed by atoms with Crippen molar-refractivity contribution in [2.45, 2.75) is 51.9 Å². The van der Waals surface area contributed by atoms with Crippen molar-refractivity contribution in [1.82, 2.24) is 9.21 Å². The van der Waals surface area contributed by atoms with Gasteiger partial charge in [0.25, 0.3) is 0 Å². The van der Waals surface area contributed by atoms with Gasteiger partial charge in [-0.15, -0.1) is 0 Å². The highest BCUT2D eigenvalue weighted by atomic mass is 32.2. The van der Waals surface area contributed by atoms with Crippen molar-refractivity contribution < 1.29 is 13.2 Å². The van der Waals surface area contributed by atoms with Crippen LogP contribution in [0.5, 0.6) is 0 Å². The zero-order valence-corrected chi connectivity index (χ0v) is 16.8. The number of rotatable bonds is 4. The summed E-state index contributed by atoms with van der Waals surface area (Å²) in [6.45, 7) is 11.9. The molecular formula is C19H30N2O3S. The molecule has 0 aromatic heterocycles. The topological polar surface area (TPSA) is 57.7 Å². The van der Waals surface area contributed by atoms with E-state index in [2.05, 4.69) is 13.8 Å². The first-order valence-electron chi connectivity index (χ1n) is 8.88. The number of carbonyl (C=O) groups excluding carboxylic acids is 1. The number of nitrogens with zero attached hydrogens (tertiary/aromatic N) is 2. The van der Waals surface area contributed by atoms with Crippen LogP contribution >= 0.6 is 0 Å². The zero-order valence-electron chi connectivity index (χ0n) is 15.9. The van der Waals surface area contributed by atoms with Crippen molar-refractivity contribution >= 4 is 15.9 Å². The summed E-state index contributed by atoms with van der Waals surface area (Å²) in [6, 6.07) is 7.12. The van der Waals surface area contributed by atoms with E-state index in [1.54, 1.807) is 17.0 Å². The predicted molar refractivity (Wildman–Crippen MR) is 99.9 cm³/mol. The molecule has 0 saturated carbocycles. The van der Waals surface area contributed by atoms with Gasteiger partial charge in [0.15, 0.2) is 0 Å². The van der Waals surface area contributed by atoms with Crippen LogP contribution in [0, 0.1) is 5.41 Å². The molecule has 0 unspecified atom stereocenters. The van der Waals surface area contributed by atoms with Gasteiger partial charge in [-0.05, 0) is 29.0 Å². The van der Waals surface area contributed by atoms with E-state index >= 15 is 0 Å². The molecule has 1 aromatic rings. The van der Waals surface area contributed by atoms with Gasteiger partial charge < -0.3 is 4.90 Å². The van der Waals surface area contributed by atoms with Crippen LogP contribution in [-0.2, 0) is 14.8 Å². The normalized spacial score (nSPS) is 17.1. The van der Waals surface area contributed by atoms with Crippen molar-refractivity contribution in [2.75, 3.05) is 26.2 Å². The van der Waals surface area contributed by atoms with Crippen LogP contribution in [-0.4, -0.2) is 49.7 Å². The Kier molecular flexibility index (Phi) is 5.94. The van der Waals surface area contributed by atoms with E-state index in [0.29, 0.717) is 43.4 Å². The fourth-order valence-electron chi connectivity index (χ4n) is 2.92. The molecule has 0 atom stereocenters. The van der Waals surface area contributed by atoms with E-state index in [0.717, 1.165) is 5.56 Å². The first-order valence-corrected chi connectivity index (χ1v) is 10.3. The number of sulfonamides is 1. The van der Waals surface area contributed by atoms with Crippen molar-refractivity contribution in [2.24, 2.45) is 5.41 Å². The molecule has 1 fully saturated rings. The number of benzene rings is 1. The van der Waals surface area contributed by atoms with E-state index in [1.807, 2.05) is 32.9 Å². The smallest absolute Gasteiger partial charge is 0.243 e. The molecule has 1 amide bonds. The van der Waals surface area contributed by atoms with Gasteiger partial charge in [0.2, 0.25) is 15.9 Å². The SMILES string of the molecule is CC(C)c1ccc(S(=O)(=O)N2CCN(C(=O)CC(C)(C)C)CC2)cc1. The standard InChI is InChI=1S/C19H30N2O3S/c1-15(2)16-6-8-17(9-7-16)25(23,24)21-12-10-20(11-13-21)18(22)14-19(3,4)5/h6-9,15H,10-14H2,1-5H3. The maximum absolute atomic E-state index is 12.8. The van der Waals surface area contributed by atoms with Gasteiger partial charge in [-0.1, -0.05) is 46.8 Å². The van der Waals surface area contributed by atoms with Crippen LogP contribution in [0.2, 0.25) is 0 Å². The summed E-state index contributed by atoms with van der Waals surface area (Å²) in [5.41, 5.74) is 1.06. The average molecular weight is 367 g/mol. The van der Waals surface area contributed by atoms with E-state index in [4.69, 9.17) is 0 Å². The molecule has 1 aliphatic rings.